The fourth-order valence-electron chi connectivity index (χ4n) is 1.24. The fraction of sp³-hybridized carbons (Fsp3) is 0.364. The van der Waals surface area contributed by atoms with Crippen molar-refractivity contribution in [3.8, 4) is 0 Å². The highest BCUT2D eigenvalue weighted by molar-refractivity contribution is 5.95. The average molecular weight is 226 g/mol. The minimum atomic E-state index is -0.541. The summed E-state index contributed by atoms with van der Waals surface area (Å²) in [7, 11) is 0. The maximum Gasteiger partial charge on any atom is 0.251 e. The van der Waals surface area contributed by atoms with Crippen LogP contribution in [0, 0.1) is 5.82 Å². The molecular formula is C11H15FN2O2. The number of hydrogen-bond donors (Lipinski definition) is 3. The van der Waals surface area contributed by atoms with E-state index in [1.54, 1.807) is 6.92 Å². The van der Waals surface area contributed by atoms with E-state index in [0.29, 0.717) is 13.0 Å². The highest BCUT2D eigenvalue weighted by Gasteiger charge is 2.07. The van der Waals surface area contributed by atoms with Crippen LogP contribution in [0.25, 0.3) is 0 Å². The lowest BCUT2D eigenvalue weighted by Crippen LogP contribution is -2.26. The quantitative estimate of drug-likeness (QED) is 0.668. The molecule has 16 heavy (non-hydrogen) atoms. The first-order chi connectivity index (χ1) is 7.49. The molecule has 4 N–H and O–H groups in total. The molecular weight excluding hydrogens is 211 g/mol. The Balaban J connectivity index is 2.59. The minimum absolute atomic E-state index is 0.183. The second kappa shape index (κ2) is 5.46. The van der Waals surface area contributed by atoms with Crippen LogP contribution in [0.4, 0.5) is 10.1 Å². The van der Waals surface area contributed by atoms with Crippen molar-refractivity contribution in [2.75, 3.05) is 12.3 Å². The van der Waals surface area contributed by atoms with Gasteiger partial charge in [-0.15, -0.1) is 0 Å². The molecule has 4 nitrogen and oxygen atoms in total. The van der Waals surface area contributed by atoms with Crippen LogP contribution in [0.3, 0.4) is 0 Å². The standard InChI is InChI=1S/C11H15FN2O2/c1-7(15)2-3-14-11(16)8-4-9(12)6-10(13)5-8/h4-7,15H,2-3,13H2,1H3,(H,14,16). The Kier molecular flexibility index (Phi) is 4.25. The number of hydrogen-bond acceptors (Lipinski definition) is 3. The summed E-state index contributed by atoms with van der Waals surface area (Å²) in [4.78, 5) is 11.5. The van der Waals surface area contributed by atoms with Gasteiger partial charge in [0.1, 0.15) is 5.82 Å². The number of rotatable bonds is 4. The molecule has 0 heterocycles. The Morgan fingerprint density at radius 3 is 2.81 bits per heavy atom. The van der Waals surface area contributed by atoms with Gasteiger partial charge in [-0.25, -0.2) is 4.39 Å². The Morgan fingerprint density at radius 2 is 2.25 bits per heavy atom. The van der Waals surface area contributed by atoms with E-state index in [1.807, 2.05) is 0 Å². The summed E-state index contributed by atoms with van der Waals surface area (Å²) in [5.41, 5.74) is 5.81. The largest absolute Gasteiger partial charge is 0.399 e. The number of aliphatic hydroxyl groups is 1. The number of nitrogens with one attached hydrogen (secondary N) is 1. The van der Waals surface area contributed by atoms with Crippen LogP contribution in [-0.4, -0.2) is 23.7 Å². The van der Waals surface area contributed by atoms with Crippen LogP contribution in [0.1, 0.15) is 23.7 Å². The second-order valence-electron chi connectivity index (χ2n) is 3.67. The number of carbonyl (C=O) groups is 1. The van der Waals surface area contributed by atoms with Gasteiger partial charge in [0, 0.05) is 17.8 Å². The van der Waals surface area contributed by atoms with Gasteiger partial charge in [0.2, 0.25) is 0 Å². The lowest BCUT2D eigenvalue weighted by Gasteiger charge is -2.07. The van der Waals surface area contributed by atoms with Crippen molar-refractivity contribution < 1.29 is 14.3 Å². The monoisotopic (exact) mass is 226 g/mol. The molecule has 1 amide bonds. The van der Waals surface area contributed by atoms with E-state index in [-0.39, 0.29) is 11.3 Å². The molecule has 0 radical (unpaired) electrons. The molecule has 0 aliphatic rings. The number of aliphatic hydroxyl groups excluding tert-OH is 1. The summed E-state index contributed by atoms with van der Waals surface area (Å²) in [5, 5.41) is 11.6. The van der Waals surface area contributed by atoms with Crippen LogP contribution < -0.4 is 11.1 Å². The summed E-state index contributed by atoms with van der Waals surface area (Å²) in [6.45, 7) is 1.97. The topological polar surface area (TPSA) is 75.3 Å². The summed E-state index contributed by atoms with van der Waals surface area (Å²) in [5.74, 6) is -0.937. The summed E-state index contributed by atoms with van der Waals surface area (Å²) < 4.78 is 12.9. The molecule has 1 aromatic carbocycles. The van der Waals surface area contributed by atoms with Gasteiger partial charge in [0.05, 0.1) is 6.10 Å². The van der Waals surface area contributed by atoms with E-state index >= 15 is 0 Å². The maximum absolute atomic E-state index is 12.9. The Hall–Kier alpha value is -1.62. The van der Waals surface area contributed by atoms with Crippen LogP contribution in [0.15, 0.2) is 18.2 Å². The van der Waals surface area contributed by atoms with Gasteiger partial charge in [-0.2, -0.15) is 0 Å². The molecule has 1 atom stereocenters. The highest BCUT2D eigenvalue weighted by atomic mass is 19.1. The number of nitrogen functional groups attached to an aromatic ring is 1. The van der Waals surface area contributed by atoms with Crippen LogP contribution in [0.2, 0.25) is 0 Å². The first-order valence-corrected chi connectivity index (χ1v) is 5.01. The molecule has 1 aromatic rings. The van der Waals surface area contributed by atoms with E-state index in [0.717, 1.165) is 12.1 Å². The van der Waals surface area contributed by atoms with Gasteiger partial charge in [-0.3, -0.25) is 4.79 Å². The number of amides is 1. The SMILES string of the molecule is CC(O)CCNC(=O)c1cc(N)cc(F)c1. The van der Waals surface area contributed by atoms with Gasteiger partial charge in [-0.1, -0.05) is 0 Å². The van der Waals surface area contributed by atoms with E-state index in [9.17, 15) is 9.18 Å². The molecule has 0 bridgehead atoms. The van der Waals surface area contributed by atoms with Gasteiger partial charge in [0.15, 0.2) is 0 Å². The van der Waals surface area contributed by atoms with Crippen molar-refractivity contribution in [3.63, 3.8) is 0 Å². The summed E-state index contributed by atoms with van der Waals surface area (Å²) in [6.07, 6.45) is -0.0193. The number of nitrogens with two attached hydrogens (primary N) is 1. The Morgan fingerprint density at radius 1 is 1.56 bits per heavy atom. The average Bonchev–Trinajstić information content (AvgIpc) is 2.15. The van der Waals surface area contributed by atoms with Crippen LogP contribution in [-0.2, 0) is 0 Å². The highest BCUT2D eigenvalue weighted by Crippen LogP contribution is 2.10. The third kappa shape index (κ3) is 3.86. The van der Waals surface area contributed by atoms with E-state index in [2.05, 4.69) is 5.32 Å². The van der Waals surface area contributed by atoms with Gasteiger partial charge in [0.25, 0.3) is 5.91 Å². The molecule has 0 saturated carbocycles. The first kappa shape index (κ1) is 12.4. The van der Waals surface area contributed by atoms with E-state index < -0.39 is 17.8 Å². The molecule has 0 saturated heterocycles. The fourth-order valence-corrected chi connectivity index (χ4v) is 1.24. The van der Waals surface area contributed by atoms with E-state index in [4.69, 9.17) is 10.8 Å². The van der Waals surface area contributed by atoms with Crippen molar-refractivity contribution in [2.24, 2.45) is 0 Å². The lowest BCUT2D eigenvalue weighted by molar-refractivity contribution is 0.0945. The smallest absolute Gasteiger partial charge is 0.251 e. The summed E-state index contributed by atoms with van der Waals surface area (Å²) >= 11 is 0. The Labute approximate surface area is 93.3 Å². The molecule has 1 rings (SSSR count). The van der Waals surface area contributed by atoms with Crippen LogP contribution in [0.5, 0.6) is 0 Å². The molecule has 0 aromatic heterocycles. The normalized spacial score (nSPS) is 12.2. The zero-order valence-electron chi connectivity index (χ0n) is 9.03. The van der Waals surface area contributed by atoms with Gasteiger partial charge < -0.3 is 16.2 Å². The maximum atomic E-state index is 12.9. The predicted molar refractivity (Wildman–Crippen MR) is 59.4 cm³/mol. The molecule has 0 fully saturated rings. The third-order valence-electron chi connectivity index (χ3n) is 2.03. The Bertz CT molecular complexity index is 360. The number of halogens is 1. The summed E-state index contributed by atoms with van der Waals surface area (Å²) in [6, 6.07) is 3.67. The van der Waals surface area contributed by atoms with Crippen molar-refractivity contribution in [1.82, 2.24) is 5.32 Å². The molecule has 0 aliphatic carbocycles. The number of carbonyl (C=O) groups excluding carboxylic acids is 1. The first-order valence-electron chi connectivity index (χ1n) is 5.01. The number of benzene rings is 1. The minimum Gasteiger partial charge on any atom is -0.399 e. The predicted octanol–water partition coefficient (Wildman–Crippen LogP) is 0.909. The van der Waals surface area contributed by atoms with Crippen molar-refractivity contribution in [1.29, 1.82) is 0 Å². The molecule has 0 spiro atoms. The number of anilines is 1. The van der Waals surface area contributed by atoms with Crippen molar-refractivity contribution in [2.45, 2.75) is 19.4 Å². The zero-order chi connectivity index (χ0) is 12.1. The van der Waals surface area contributed by atoms with Crippen molar-refractivity contribution in [3.05, 3.63) is 29.6 Å². The molecule has 5 heteroatoms. The van der Waals surface area contributed by atoms with Crippen molar-refractivity contribution >= 4 is 11.6 Å². The zero-order valence-corrected chi connectivity index (χ0v) is 9.03. The second-order valence-corrected chi connectivity index (χ2v) is 3.67. The molecule has 1 unspecified atom stereocenters. The van der Waals surface area contributed by atoms with Crippen LogP contribution >= 0.6 is 0 Å². The molecule has 0 aliphatic heterocycles. The molecule has 88 valence electrons. The van der Waals surface area contributed by atoms with Gasteiger partial charge >= 0.3 is 0 Å². The lowest BCUT2D eigenvalue weighted by atomic mass is 10.2. The third-order valence-corrected chi connectivity index (χ3v) is 2.03. The van der Waals surface area contributed by atoms with Gasteiger partial charge in [-0.05, 0) is 31.5 Å². The van der Waals surface area contributed by atoms with E-state index in [1.165, 1.54) is 6.07 Å².